The van der Waals surface area contributed by atoms with E-state index in [-0.39, 0.29) is 21.9 Å². The van der Waals surface area contributed by atoms with Gasteiger partial charge < -0.3 is 24.7 Å². The fourth-order valence-electron chi connectivity index (χ4n) is 3.77. The molecule has 1 fully saturated rings. The number of carbonyl (C=O) groups excluding carboxylic acids is 2. The summed E-state index contributed by atoms with van der Waals surface area (Å²) in [7, 11) is 3.86. The van der Waals surface area contributed by atoms with Crippen LogP contribution in [0.3, 0.4) is 0 Å². The van der Waals surface area contributed by atoms with E-state index in [4.69, 9.17) is 16.3 Å². The minimum atomic E-state index is -0.800. The van der Waals surface area contributed by atoms with Crippen molar-refractivity contribution in [2.45, 2.75) is 19.4 Å². The van der Waals surface area contributed by atoms with Crippen molar-refractivity contribution >= 4 is 29.1 Å². The van der Waals surface area contributed by atoms with Crippen LogP contribution in [0.2, 0.25) is 5.02 Å². The summed E-state index contributed by atoms with van der Waals surface area (Å²) < 4.78 is 5.49. The molecule has 1 heterocycles. The molecule has 1 saturated heterocycles. The van der Waals surface area contributed by atoms with Crippen LogP contribution in [-0.4, -0.2) is 65.5 Å². The van der Waals surface area contributed by atoms with E-state index in [9.17, 15) is 19.8 Å². The summed E-state index contributed by atoms with van der Waals surface area (Å²) in [5.41, 5.74) is 0.571. The van der Waals surface area contributed by atoms with Gasteiger partial charge in [-0.25, -0.2) is 0 Å². The molecule has 2 aromatic carbocycles. The highest BCUT2D eigenvalue weighted by Crippen LogP contribution is 2.41. The van der Waals surface area contributed by atoms with E-state index in [0.29, 0.717) is 30.9 Å². The zero-order chi connectivity index (χ0) is 23.4. The number of aliphatic hydroxyl groups excluding tert-OH is 1. The van der Waals surface area contributed by atoms with Crippen LogP contribution in [0.25, 0.3) is 5.76 Å². The lowest BCUT2D eigenvalue weighted by atomic mass is 9.95. The fourth-order valence-corrected chi connectivity index (χ4v) is 3.94. The number of phenolic OH excluding ortho intramolecular Hbond substituents is 1. The van der Waals surface area contributed by atoms with Crippen molar-refractivity contribution in [2.75, 3.05) is 33.8 Å². The van der Waals surface area contributed by atoms with Crippen molar-refractivity contribution in [1.29, 1.82) is 0 Å². The van der Waals surface area contributed by atoms with Crippen molar-refractivity contribution in [1.82, 2.24) is 9.80 Å². The molecule has 1 aliphatic rings. The van der Waals surface area contributed by atoms with Crippen LogP contribution in [0.15, 0.2) is 48.0 Å². The molecule has 1 amide bonds. The number of amides is 1. The van der Waals surface area contributed by atoms with Crippen LogP contribution in [0, 0.1) is 0 Å². The Hall–Kier alpha value is -3.03. The fraction of sp³-hybridized carbons (Fsp3) is 0.333. The van der Waals surface area contributed by atoms with Crippen LogP contribution in [0.5, 0.6) is 11.5 Å². The Morgan fingerprint density at radius 2 is 1.84 bits per heavy atom. The normalized spacial score (nSPS) is 17.9. The van der Waals surface area contributed by atoms with Crippen molar-refractivity contribution in [2.24, 2.45) is 0 Å². The third-order valence-corrected chi connectivity index (χ3v) is 5.50. The molecule has 0 saturated carbocycles. The van der Waals surface area contributed by atoms with Gasteiger partial charge in [-0.3, -0.25) is 9.59 Å². The standard InChI is InChI=1S/C24H27ClN2O5/c1-4-32-17-9-6-15(7-10-17)21-20(22(29)18-14-16(25)8-11-19(18)28)23(30)24(31)27(21)13-5-12-26(2)3/h6-11,14,21,28-29H,4-5,12-13H2,1-3H3. The predicted octanol–water partition coefficient (Wildman–Crippen LogP) is 3.82. The predicted molar refractivity (Wildman–Crippen MR) is 123 cm³/mol. The number of ketones is 1. The van der Waals surface area contributed by atoms with E-state index in [2.05, 4.69) is 0 Å². The second-order valence-electron chi connectivity index (χ2n) is 7.81. The van der Waals surface area contributed by atoms with Crippen LogP contribution >= 0.6 is 11.6 Å². The number of rotatable bonds is 8. The number of ether oxygens (including phenoxy) is 1. The van der Waals surface area contributed by atoms with E-state index < -0.39 is 23.5 Å². The summed E-state index contributed by atoms with van der Waals surface area (Å²) in [4.78, 5) is 29.4. The number of hydrogen-bond acceptors (Lipinski definition) is 6. The number of carbonyl (C=O) groups is 2. The lowest BCUT2D eigenvalue weighted by molar-refractivity contribution is -0.139. The molecular formula is C24H27ClN2O5. The second-order valence-corrected chi connectivity index (χ2v) is 8.25. The Balaban J connectivity index is 2.11. The molecule has 1 atom stereocenters. The minimum Gasteiger partial charge on any atom is -0.507 e. The third-order valence-electron chi connectivity index (χ3n) is 5.26. The average Bonchev–Trinajstić information content (AvgIpc) is 3.00. The molecule has 8 heteroatoms. The first-order chi connectivity index (χ1) is 15.2. The highest BCUT2D eigenvalue weighted by Gasteiger charge is 2.46. The van der Waals surface area contributed by atoms with E-state index in [1.54, 1.807) is 24.3 Å². The Morgan fingerprint density at radius 1 is 1.16 bits per heavy atom. The van der Waals surface area contributed by atoms with Crippen LogP contribution in [0.4, 0.5) is 0 Å². The van der Waals surface area contributed by atoms with Crippen molar-refractivity contribution in [3.05, 3.63) is 64.2 Å². The zero-order valence-electron chi connectivity index (χ0n) is 18.3. The van der Waals surface area contributed by atoms with Gasteiger partial charge >= 0.3 is 0 Å². The summed E-state index contributed by atoms with van der Waals surface area (Å²) in [6.07, 6.45) is 0.649. The summed E-state index contributed by atoms with van der Waals surface area (Å²) >= 11 is 6.03. The SMILES string of the molecule is CCOc1ccc(C2C(=C(O)c3cc(Cl)ccc3O)C(=O)C(=O)N2CCCN(C)C)cc1. The molecule has 2 N–H and O–H groups in total. The van der Waals surface area contributed by atoms with E-state index in [1.807, 2.05) is 25.9 Å². The smallest absolute Gasteiger partial charge is 0.295 e. The van der Waals surface area contributed by atoms with Gasteiger partial charge in [0.25, 0.3) is 11.7 Å². The van der Waals surface area contributed by atoms with Gasteiger partial charge in [0, 0.05) is 11.6 Å². The molecule has 0 bridgehead atoms. The van der Waals surface area contributed by atoms with Crippen molar-refractivity contribution in [3.8, 4) is 11.5 Å². The monoisotopic (exact) mass is 458 g/mol. The number of Topliss-reactive ketones (excluding diaryl/α,β-unsaturated/α-hetero) is 1. The average molecular weight is 459 g/mol. The topological polar surface area (TPSA) is 90.3 Å². The van der Waals surface area contributed by atoms with Crippen LogP contribution < -0.4 is 4.74 Å². The molecule has 32 heavy (non-hydrogen) atoms. The summed E-state index contributed by atoms with van der Waals surface area (Å²) in [6.45, 7) is 3.45. The van der Waals surface area contributed by atoms with E-state index in [0.717, 1.165) is 6.54 Å². The van der Waals surface area contributed by atoms with Gasteiger partial charge in [0.15, 0.2) is 0 Å². The van der Waals surface area contributed by atoms with Crippen LogP contribution in [-0.2, 0) is 9.59 Å². The number of phenols is 1. The Morgan fingerprint density at radius 3 is 2.47 bits per heavy atom. The second kappa shape index (κ2) is 10.1. The molecule has 0 spiro atoms. The number of likely N-dealkylation sites (tertiary alicyclic amines) is 1. The van der Waals surface area contributed by atoms with E-state index >= 15 is 0 Å². The molecule has 0 radical (unpaired) electrons. The molecule has 0 aliphatic carbocycles. The molecular weight excluding hydrogens is 432 g/mol. The summed E-state index contributed by atoms with van der Waals surface area (Å²) in [6, 6.07) is 10.4. The maximum absolute atomic E-state index is 13.0. The molecule has 0 aromatic heterocycles. The lowest BCUT2D eigenvalue weighted by Crippen LogP contribution is -2.32. The highest BCUT2D eigenvalue weighted by atomic mass is 35.5. The Labute approximate surface area is 192 Å². The maximum Gasteiger partial charge on any atom is 0.295 e. The quantitative estimate of drug-likeness (QED) is 0.355. The third kappa shape index (κ3) is 4.89. The number of aliphatic hydroxyl groups is 1. The molecule has 3 rings (SSSR count). The number of hydrogen-bond donors (Lipinski definition) is 2. The molecule has 1 unspecified atom stereocenters. The first kappa shape index (κ1) is 23.6. The highest BCUT2D eigenvalue weighted by molar-refractivity contribution is 6.46. The Bertz CT molecular complexity index is 1030. The Kier molecular flexibility index (Phi) is 7.43. The van der Waals surface area contributed by atoms with Gasteiger partial charge in [-0.15, -0.1) is 0 Å². The number of nitrogens with zero attached hydrogens (tertiary/aromatic N) is 2. The van der Waals surface area contributed by atoms with Gasteiger partial charge in [0.2, 0.25) is 0 Å². The molecule has 7 nitrogen and oxygen atoms in total. The largest absolute Gasteiger partial charge is 0.507 e. The molecule has 2 aromatic rings. The number of halogens is 1. The molecule has 1 aliphatic heterocycles. The molecule has 170 valence electrons. The van der Waals surface area contributed by atoms with Gasteiger partial charge in [-0.05, 0) is 69.9 Å². The van der Waals surface area contributed by atoms with Gasteiger partial charge in [-0.2, -0.15) is 0 Å². The lowest BCUT2D eigenvalue weighted by Gasteiger charge is -2.26. The van der Waals surface area contributed by atoms with Crippen molar-refractivity contribution < 1.29 is 24.5 Å². The van der Waals surface area contributed by atoms with Crippen LogP contribution in [0.1, 0.15) is 30.5 Å². The van der Waals surface area contributed by atoms with Gasteiger partial charge in [0.1, 0.15) is 17.3 Å². The van der Waals surface area contributed by atoms with Crippen molar-refractivity contribution in [3.63, 3.8) is 0 Å². The maximum atomic E-state index is 13.0. The number of benzene rings is 2. The number of aromatic hydroxyl groups is 1. The summed E-state index contributed by atoms with van der Waals surface area (Å²) in [5.74, 6) is -1.53. The summed E-state index contributed by atoms with van der Waals surface area (Å²) in [5, 5.41) is 21.6. The van der Waals surface area contributed by atoms with E-state index in [1.165, 1.54) is 23.1 Å². The minimum absolute atomic E-state index is 0.000252. The van der Waals surface area contributed by atoms with Gasteiger partial charge in [0.05, 0.1) is 23.8 Å². The first-order valence-corrected chi connectivity index (χ1v) is 10.8. The first-order valence-electron chi connectivity index (χ1n) is 10.4. The van der Waals surface area contributed by atoms with Gasteiger partial charge in [-0.1, -0.05) is 23.7 Å². The zero-order valence-corrected chi connectivity index (χ0v) is 19.1.